The minimum Gasteiger partial charge on any atom is -0.373 e. The molecule has 1 fully saturated rings. The number of hydrogen-bond acceptors (Lipinski definition) is 7. The number of aromatic nitrogens is 4. The van der Waals surface area contributed by atoms with Gasteiger partial charge in [-0.25, -0.2) is 19.9 Å². The predicted octanol–water partition coefficient (Wildman–Crippen LogP) is 1.70. The molecule has 0 amide bonds. The lowest BCUT2D eigenvalue weighted by atomic mass is 10.2. The average Bonchev–Trinajstić information content (AvgIpc) is 3.01. The molecule has 1 aliphatic heterocycles. The van der Waals surface area contributed by atoms with Gasteiger partial charge in [-0.3, -0.25) is 0 Å². The zero-order valence-corrected chi connectivity index (χ0v) is 13.0. The van der Waals surface area contributed by atoms with E-state index in [1.54, 1.807) is 12.5 Å². The van der Waals surface area contributed by atoms with Crippen molar-refractivity contribution in [2.75, 3.05) is 35.7 Å². The summed E-state index contributed by atoms with van der Waals surface area (Å²) in [5.41, 5.74) is 0.968. The summed E-state index contributed by atoms with van der Waals surface area (Å²) in [5.74, 6) is 2.49. The Morgan fingerprint density at radius 1 is 1.32 bits per heavy atom. The summed E-state index contributed by atoms with van der Waals surface area (Å²) in [7, 11) is 1.87. The highest BCUT2D eigenvalue weighted by atomic mass is 15.3. The fraction of sp³-hybridized carbons (Fsp3) is 0.467. The molecule has 0 radical (unpaired) electrons. The number of anilines is 3. The third kappa shape index (κ3) is 3.24. The van der Waals surface area contributed by atoms with Crippen molar-refractivity contribution >= 4 is 17.6 Å². The van der Waals surface area contributed by atoms with E-state index in [1.165, 1.54) is 6.42 Å². The largest absolute Gasteiger partial charge is 0.373 e. The molecule has 1 unspecified atom stereocenters. The van der Waals surface area contributed by atoms with Gasteiger partial charge in [-0.05, 0) is 25.8 Å². The summed E-state index contributed by atoms with van der Waals surface area (Å²) >= 11 is 0. The Bertz CT molecular complexity index is 631. The molecular weight excluding hydrogens is 278 g/mol. The summed E-state index contributed by atoms with van der Waals surface area (Å²) < 4.78 is 0. The van der Waals surface area contributed by atoms with E-state index < -0.39 is 0 Å². The highest BCUT2D eigenvalue weighted by Gasteiger charge is 2.25. The molecule has 0 aliphatic carbocycles. The van der Waals surface area contributed by atoms with Crippen molar-refractivity contribution in [3.8, 4) is 0 Å². The van der Waals surface area contributed by atoms with Gasteiger partial charge in [-0.2, -0.15) is 0 Å². The van der Waals surface area contributed by atoms with E-state index in [-0.39, 0.29) is 0 Å². The van der Waals surface area contributed by atoms with Crippen LogP contribution in [0, 0.1) is 6.92 Å². The van der Waals surface area contributed by atoms with Crippen molar-refractivity contribution in [2.45, 2.75) is 25.8 Å². The van der Waals surface area contributed by atoms with Crippen LogP contribution in [-0.4, -0.2) is 46.1 Å². The fourth-order valence-electron chi connectivity index (χ4n) is 2.73. The Balaban J connectivity index is 1.67. The van der Waals surface area contributed by atoms with Gasteiger partial charge in [0, 0.05) is 44.1 Å². The normalized spacial score (nSPS) is 17.5. The molecule has 0 saturated carbocycles. The van der Waals surface area contributed by atoms with E-state index in [0.717, 1.165) is 36.8 Å². The molecule has 1 saturated heterocycles. The maximum atomic E-state index is 4.40. The summed E-state index contributed by atoms with van der Waals surface area (Å²) in [6.07, 6.45) is 5.69. The second-order valence-corrected chi connectivity index (χ2v) is 5.40. The Labute approximate surface area is 130 Å². The molecule has 3 rings (SSSR count). The van der Waals surface area contributed by atoms with Gasteiger partial charge in [0.05, 0.1) is 0 Å². The van der Waals surface area contributed by atoms with Crippen molar-refractivity contribution < 1.29 is 0 Å². The van der Waals surface area contributed by atoms with E-state index in [2.05, 4.69) is 35.5 Å². The molecule has 0 bridgehead atoms. The lowest BCUT2D eigenvalue weighted by Crippen LogP contribution is -2.35. The Hall–Kier alpha value is -2.44. The number of rotatable bonds is 5. The molecule has 22 heavy (non-hydrogen) atoms. The van der Waals surface area contributed by atoms with Crippen LogP contribution in [0.1, 0.15) is 18.5 Å². The van der Waals surface area contributed by atoms with Crippen LogP contribution in [0.5, 0.6) is 0 Å². The van der Waals surface area contributed by atoms with Gasteiger partial charge in [0.15, 0.2) is 0 Å². The molecule has 0 spiro atoms. The van der Waals surface area contributed by atoms with Gasteiger partial charge < -0.3 is 15.5 Å². The van der Waals surface area contributed by atoms with Crippen LogP contribution in [0.3, 0.4) is 0 Å². The van der Waals surface area contributed by atoms with E-state index >= 15 is 0 Å². The fourth-order valence-corrected chi connectivity index (χ4v) is 2.73. The topological polar surface area (TPSA) is 78.9 Å². The maximum absolute atomic E-state index is 4.40. The van der Waals surface area contributed by atoms with Crippen LogP contribution < -0.4 is 15.5 Å². The monoisotopic (exact) mass is 299 g/mol. The summed E-state index contributed by atoms with van der Waals surface area (Å²) in [6, 6.07) is 4.28. The van der Waals surface area contributed by atoms with E-state index in [0.29, 0.717) is 12.0 Å². The first-order valence-corrected chi connectivity index (χ1v) is 7.56. The van der Waals surface area contributed by atoms with Crippen molar-refractivity contribution in [1.82, 2.24) is 19.9 Å². The molecule has 1 aliphatic rings. The van der Waals surface area contributed by atoms with Crippen molar-refractivity contribution in [3.63, 3.8) is 0 Å². The lowest BCUT2D eigenvalue weighted by Gasteiger charge is -2.26. The minimum absolute atomic E-state index is 0.392. The van der Waals surface area contributed by atoms with Gasteiger partial charge in [-0.1, -0.05) is 0 Å². The zero-order valence-electron chi connectivity index (χ0n) is 13.0. The van der Waals surface area contributed by atoms with Crippen LogP contribution >= 0.6 is 0 Å². The van der Waals surface area contributed by atoms with Crippen LogP contribution in [0.25, 0.3) is 0 Å². The number of hydrogen-bond donors (Lipinski definition) is 2. The first-order chi connectivity index (χ1) is 10.8. The SMILES string of the molecule is CNc1cc(N2CCCC2CNc2nccc(C)n2)ncn1. The smallest absolute Gasteiger partial charge is 0.222 e. The summed E-state index contributed by atoms with van der Waals surface area (Å²) in [6.45, 7) is 3.79. The van der Waals surface area contributed by atoms with Crippen molar-refractivity contribution in [3.05, 3.63) is 30.4 Å². The Morgan fingerprint density at radius 2 is 2.23 bits per heavy atom. The van der Waals surface area contributed by atoms with Crippen LogP contribution in [0.2, 0.25) is 0 Å². The average molecular weight is 299 g/mol. The van der Waals surface area contributed by atoms with E-state index in [1.807, 2.05) is 26.1 Å². The maximum Gasteiger partial charge on any atom is 0.222 e. The molecule has 7 heteroatoms. The van der Waals surface area contributed by atoms with Crippen molar-refractivity contribution in [1.29, 1.82) is 0 Å². The summed E-state index contributed by atoms with van der Waals surface area (Å²) in [4.78, 5) is 19.5. The molecule has 2 N–H and O–H groups in total. The second-order valence-electron chi connectivity index (χ2n) is 5.40. The van der Waals surface area contributed by atoms with Crippen LogP contribution in [0.4, 0.5) is 17.6 Å². The molecule has 0 aromatic carbocycles. The molecular formula is C15H21N7. The third-order valence-corrected chi connectivity index (χ3v) is 3.87. The highest BCUT2D eigenvalue weighted by molar-refractivity contribution is 5.49. The Kier molecular flexibility index (Phi) is 4.32. The molecule has 2 aromatic heterocycles. The number of nitrogens with one attached hydrogen (secondary N) is 2. The van der Waals surface area contributed by atoms with Crippen molar-refractivity contribution in [2.24, 2.45) is 0 Å². The minimum atomic E-state index is 0.392. The molecule has 1 atom stereocenters. The van der Waals surface area contributed by atoms with Gasteiger partial charge >= 0.3 is 0 Å². The zero-order chi connectivity index (χ0) is 15.4. The second kappa shape index (κ2) is 6.55. The quantitative estimate of drug-likeness (QED) is 0.870. The first-order valence-electron chi connectivity index (χ1n) is 7.56. The third-order valence-electron chi connectivity index (χ3n) is 3.87. The predicted molar refractivity (Wildman–Crippen MR) is 87.2 cm³/mol. The molecule has 116 valence electrons. The first kappa shape index (κ1) is 14.5. The summed E-state index contributed by atoms with van der Waals surface area (Å²) in [5, 5.41) is 6.39. The van der Waals surface area contributed by atoms with E-state index in [4.69, 9.17) is 0 Å². The Morgan fingerprint density at radius 3 is 3.05 bits per heavy atom. The number of aryl methyl sites for hydroxylation is 1. The molecule has 2 aromatic rings. The molecule has 3 heterocycles. The van der Waals surface area contributed by atoms with Crippen LogP contribution in [0.15, 0.2) is 24.7 Å². The lowest BCUT2D eigenvalue weighted by molar-refractivity contribution is 0.686. The van der Waals surface area contributed by atoms with Gasteiger partial charge in [0.1, 0.15) is 18.0 Å². The van der Waals surface area contributed by atoms with Crippen LogP contribution in [-0.2, 0) is 0 Å². The number of nitrogens with zero attached hydrogens (tertiary/aromatic N) is 5. The van der Waals surface area contributed by atoms with Gasteiger partial charge in [-0.15, -0.1) is 0 Å². The van der Waals surface area contributed by atoms with Gasteiger partial charge in [0.2, 0.25) is 5.95 Å². The molecule has 7 nitrogen and oxygen atoms in total. The van der Waals surface area contributed by atoms with Gasteiger partial charge in [0.25, 0.3) is 0 Å². The van der Waals surface area contributed by atoms with E-state index in [9.17, 15) is 0 Å². The standard InChI is InChI=1S/C15H21N7/c1-11-5-6-17-15(21-11)18-9-12-4-3-7-22(12)14-8-13(16-2)19-10-20-14/h5-6,8,10,12H,3-4,7,9H2,1-2H3,(H,16,19,20)(H,17,18,21). The highest BCUT2D eigenvalue weighted by Crippen LogP contribution is 2.24.